The molecule has 0 radical (unpaired) electrons. The molecule has 0 heteroatoms. The van der Waals surface area contributed by atoms with Crippen LogP contribution in [0.2, 0.25) is 0 Å². The van der Waals surface area contributed by atoms with Crippen molar-refractivity contribution >= 4 is 0 Å². The highest BCUT2D eigenvalue weighted by atomic mass is 14.5. The lowest BCUT2D eigenvalue weighted by molar-refractivity contribution is 0.412. The zero-order valence-electron chi connectivity index (χ0n) is 8.92. The van der Waals surface area contributed by atoms with Crippen LogP contribution >= 0.6 is 0 Å². The summed E-state index contributed by atoms with van der Waals surface area (Å²) < 4.78 is 0. The standard InChI is InChI=1S/C14H18/c1-2-8-14-9-7-11(10-14)12-5-3-4-6-13(12)14/h3-6,11H,2,7-10H2,1H3. The highest BCUT2D eigenvalue weighted by Gasteiger charge is 2.47. The molecule has 0 saturated heterocycles. The molecule has 0 amide bonds. The summed E-state index contributed by atoms with van der Waals surface area (Å²) in [5.74, 6) is 0.901. The smallest absolute Gasteiger partial charge is 0.00382 e. The molecule has 1 aromatic carbocycles. The molecule has 1 fully saturated rings. The first-order chi connectivity index (χ1) is 6.86. The van der Waals surface area contributed by atoms with E-state index >= 15 is 0 Å². The molecule has 0 N–H and O–H groups in total. The van der Waals surface area contributed by atoms with Crippen LogP contribution in [0.3, 0.4) is 0 Å². The van der Waals surface area contributed by atoms with Crippen LogP contribution in [0.25, 0.3) is 0 Å². The molecule has 0 nitrogen and oxygen atoms in total. The third kappa shape index (κ3) is 0.945. The zero-order valence-corrected chi connectivity index (χ0v) is 8.92. The van der Waals surface area contributed by atoms with Gasteiger partial charge in [-0.2, -0.15) is 0 Å². The van der Waals surface area contributed by atoms with E-state index in [0.29, 0.717) is 5.41 Å². The van der Waals surface area contributed by atoms with Crippen molar-refractivity contribution in [1.82, 2.24) is 0 Å². The lowest BCUT2D eigenvalue weighted by Crippen LogP contribution is -2.20. The summed E-state index contributed by atoms with van der Waals surface area (Å²) in [4.78, 5) is 0. The molecule has 0 spiro atoms. The van der Waals surface area contributed by atoms with Crippen molar-refractivity contribution in [1.29, 1.82) is 0 Å². The first-order valence-electron chi connectivity index (χ1n) is 5.95. The average molecular weight is 186 g/mol. The second-order valence-corrected chi connectivity index (χ2v) is 5.06. The van der Waals surface area contributed by atoms with Gasteiger partial charge in [-0.3, -0.25) is 0 Å². The van der Waals surface area contributed by atoms with Crippen molar-refractivity contribution in [3.63, 3.8) is 0 Å². The Morgan fingerprint density at radius 1 is 1.36 bits per heavy atom. The topological polar surface area (TPSA) is 0 Å². The second kappa shape index (κ2) is 2.85. The van der Waals surface area contributed by atoms with E-state index in [2.05, 4.69) is 31.2 Å². The van der Waals surface area contributed by atoms with Crippen LogP contribution in [0.1, 0.15) is 56.1 Å². The molecule has 74 valence electrons. The average Bonchev–Trinajstić information content (AvgIpc) is 2.76. The Hall–Kier alpha value is -0.780. The predicted molar refractivity (Wildman–Crippen MR) is 59.6 cm³/mol. The molecule has 2 aliphatic rings. The van der Waals surface area contributed by atoms with Crippen LogP contribution in [-0.2, 0) is 5.41 Å². The number of rotatable bonds is 2. The van der Waals surface area contributed by atoms with Crippen molar-refractivity contribution in [2.24, 2.45) is 0 Å². The number of fused-ring (bicyclic) bond motifs is 5. The Kier molecular flexibility index (Phi) is 1.74. The number of hydrogen-bond donors (Lipinski definition) is 0. The molecule has 0 aromatic heterocycles. The molecule has 2 unspecified atom stereocenters. The van der Waals surface area contributed by atoms with E-state index in [-0.39, 0.29) is 0 Å². The van der Waals surface area contributed by atoms with Gasteiger partial charge in [0, 0.05) is 0 Å². The van der Waals surface area contributed by atoms with Crippen LogP contribution < -0.4 is 0 Å². The van der Waals surface area contributed by atoms with Crippen molar-refractivity contribution < 1.29 is 0 Å². The number of hydrogen-bond acceptors (Lipinski definition) is 0. The summed E-state index contributed by atoms with van der Waals surface area (Å²) in [6.07, 6.45) is 7.07. The first kappa shape index (κ1) is 8.52. The lowest BCUT2D eigenvalue weighted by atomic mass is 9.76. The van der Waals surface area contributed by atoms with Crippen molar-refractivity contribution in [3.8, 4) is 0 Å². The minimum atomic E-state index is 0.593. The summed E-state index contributed by atoms with van der Waals surface area (Å²) in [6.45, 7) is 2.32. The van der Waals surface area contributed by atoms with Crippen LogP contribution in [0, 0.1) is 0 Å². The fraction of sp³-hybridized carbons (Fsp3) is 0.571. The monoisotopic (exact) mass is 186 g/mol. The maximum Gasteiger partial charge on any atom is -0.00382 e. The highest BCUT2D eigenvalue weighted by molar-refractivity contribution is 5.45. The molecule has 0 heterocycles. The Morgan fingerprint density at radius 3 is 3.07 bits per heavy atom. The van der Waals surface area contributed by atoms with Gasteiger partial charge < -0.3 is 0 Å². The third-order valence-electron chi connectivity index (χ3n) is 4.31. The van der Waals surface area contributed by atoms with Crippen molar-refractivity contribution in [2.75, 3.05) is 0 Å². The van der Waals surface area contributed by atoms with Crippen molar-refractivity contribution in [2.45, 2.75) is 50.4 Å². The minimum absolute atomic E-state index is 0.593. The van der Waals surface area contributed by atoms with Gasteiger partial charge in [-0.1, -0.05) is 37.6 Å². The third-order valence-corrected chi connectivity index (χ3v) is 4.31. The maximum absolute atomic E-state index is 2.38. The quantitative estimate of drug-likeness (QED) is 0.654. The maximum atomic E-state index is 2.38. The molecular formula is C14H18. The molecule has 1 saturated carbocycles. The highest BCUT2D eigenvalue weighted by Crippen LogP contribution is 2.58. The second-order valence-electron chi connectivity index (χ2n) is 5.06. The number of benzene rings is 1. The van der Waals surface area contributed by atoms with Gasteiger partial charge in [-0.25, -0.2) is 0 Å². The first-order valence-corrected chi connectivity index (χ1v) is 5.95. The summed E-state index contributed by atoms with van der Waals surface area (Å²) in [6, 6.07) is 9.16. The predicted octanol–water partition coefficient (Wildman–Crippen LogP) is 4.01. The normalized spacial score (nSPS) is 33.4. The molecule has 3 rings (SSSR count). The van der Waals surface area contributed by atoms with Crippen molar-refractivity contribution in [3.05, 3.63) is 35.4 Å². The molecule has 2 atom stereocenters. The van der Waals surface area contributed by atoms with Gasteiger partial charge in [-0.05, 0) is 48.1 Å². The summed E-state index contributed by atoms with van der Waals surface area (Å²) in [5, 5.41) is 0. The molecular weight excluding hydrogens is 168 g/mol. The van der Waals surface area contributed by atoms with E-state index in [0.717, 1.165) is 5.92 Å². The summed E-state index contributed by atoms with van der Waals surface area (Å²) in [5.41, 5.74) is 3.96. The van der Waals surface area contributed by atoms with E-state index in [4.69, 9.17) is 0 Å². The van der Waals surface area contributed by atoms with Crippen LogP contribution in [-0.4, -0.2) is 0 Å². The van der Waals surface area contributed by atoms with Gasteiger partial charge in [0.25, 0.3) is 0 Å². The Morgan fingerprint density at radius 2 is 2.21 bits per heavy atom. The molecule has 0 aliphatic heterocycles. The largest absolute Gasteiger partial charge is 0.0654 e. The fourth-order valence-electron chi connectivity index (χ4n) is 3.81. The SMILES string of the molecule is CCCC12CCC(C1)c1ccccc12. The van der Waals surface area contributed by atoms with E-state index in [1.807, 2.05) is 0 Å². The molecule has 2 bridgehead atoms. The van der Waals surface area contributed by atoms with Gasteiger partial charge >= 0.3 is 0 Å². The molecule has 1 aromatic rings. The van der Waals surface area contributed by atoms with Gasteiger partial charge in [0.05, 0.1) is 0 Å². The van der Waals surface area contributed by atoms with Crippen LogP contribution in [0.4, 0.5) is 0 Å². The minimum Gasteiger partial charge on any atom is -0.0654 e. The van der Waals surface area contributed by atoms with Crippen LogP contribution in [0.15, 0.2) is 24.3 Å². The lowest BCUT2D eigenvalue weighted by Gasteiger charge is -2.28. The summed E-state index contributed by atoms with van der Waals surface area (Å²) >= 11 is 0. The van der Waals surface area contributed by atoms with E-state index < -0.39 is 0 Å². The molecule has 14 heavy (non-hydrogen) atoms. The van der Waals surface area contributed by atoms with E-state index in [1.165, 1.54) is 32.1 Å². The van der Waals surface area contributed by atoms with E-state index in [9.17, 15) is 0 Å². The fourth-order valence-corrected chi connectivity index (χ4v) is 3.81. The zero-order chi connectivity index (χ0) is 9.60. The van der Waals surface area contributed by atoms with Gasteiger partial charge in [0.15, 0.2) is 0 Å². The van der Waals surface area contributed by atoms with Gasteiger partial charge in [0.2, 0.25) is 0 Å². The Bertz CT molecular complexity index is 353. The van der Waals surface area contributed by atoms with Crippen LogP contribution in [0.5, 0.6) is 0 Å². The Balaban J connectivity index is 2.10. The summed E-state index contributed by atoms with van der Waals surface area (Å²) in [7, 11) is 0. The van der Waals surface area contributed by atoms with Gasteiger partial charge in [0.1, 0.15) is 0 Å². The van der Waals surface area contributed by atoms with Gasteiger partial charge in [-0.15, -0.1) is 0 Å². The van der Waals surface area contributed by atoms with E-state index in [1.54, 1.807) is 11.1 Å². The Labute approximate surface area is 86.3 Å². The molecule has 2 aliphatic carbocycles.